The van der Waals surface area contributed by atoms with E-state index in [4.69, 9.17) is 38.9 Å². The molecular formula is C48H71N7O10. The van der Waals surface area contributed by atoms with Crippen LogP contribution >= 0.6 is 0 Å². The van der Waals surface area contributed by atoms with Crippen LogP contribution in [0.25, 0.3) is 11.2 Å². The Morgan fingerprint density at radius 3 is 2.37 bits per heavy atom. The van der Waals surface area contributed by atoms with Gasteiger partial charge in [0.2, 0.25) is 23.6 Å². The second-order valence-corrected chi connectivity index (χ2v) is 18.9. The highest BCUT2D eigenvalue weighted by atomic mass is 16.6. The minimum Gasteiger partial charge on any atom is -0.463 e. The fourth-order valence-corrected chi connectivity index (χ4v) is 11.9. The number of esters is 1. The molecule has 2 amide bonds. The number of carbonyl (C=O) groups excluding carboxylic acids is 3. The van der Waals surface area contributed by atoms with E-state index >= 15 is 0 Å². The Labute approximate surface area is 383 Å². The summed E-state index contributed by atoms with van der Waals surface area (Å²) in [7, 11) is 0. The van der Waals surface area contributed by atoms with Gasteiger partial charge in [0.05, 0.1) is 58.7 Å². The number of hydrogen-bond donors (Lipinski definition) is 4. The molecule has 4 fully saturated rings. The molecule has 65 heavy (non-hydrogen) atoms. The highest BCUT2D eigenvalue weighted by Gasteiger charge is 2.60. The smallest absolute Gasteiger partial charge is 0.331 e. The fourth-order valence-electron chi connectivity index (χ4n) is 11.9. The molecule has 2 aromatic rings. The Balaban J connectivity index is 0.622. The molecule has 7 rings (SSSR count). The number of nitrogens with two attached hydrogens (primary N) is 1. The third kappa shape index (κ3) is 13.0. The molecule has 3 heterocycles. The molecule has 17 heteroatoms. The summed E-state index contributed by atoms with van der Waals surface area (Å²) >= 11 is 0. The summed E-state index contributed by atoms with van der Waals surface area (Å²) < 4.78 is 39.1. The molecule has 5 N–H and O–H groups in total. The number of aromatic nitrogens is 4. The number of hydrogen-bond acceptors (Lipinski definition) is 14. The zero-order chi connectivity index (χ0) is 45.5. The molecule has 4 aliphatic carbocycles. The fraction of sp³-hybridized carbons (Fsp3) is 0.750. The van der Waals surface area contributed by atoms with E-state index < -0.39 is 0 Å². The summed E-state index contributed by atoms with van der Waals surface area (Å²) in [5.41, 5.74) is 8.53. The van der Waals surface area contributed by atoms with Crippen LogP contribution < -0.4 is 21.1 Å². The summed E-state index contributed by atoms with van der Waals surface area (Å²) in [6.07, 6.45) is 17.1. The number of fused-ring (bicyclic) bond motifs is 6. The first-order valence-corrected chi connectivity index (χ1v) is 24.0. The Hall–Kier alpha value is -4.34. The second-order valence-electron chi connectivity index (χ2n) is 18.9. The van der Waals surface area contributed by atoms with Crippen LogP contribution in [-0.4, -0.2) is 130 Å². The SMILES string of the molecule is C[C@]12CCC(OCC(=O)NCCCCCC(=O)NCCOCCOCCOCCOCC#CCOc3nc(N)nc4nc[nH]c34)C[C@H]1CC[C@H]1C3CC[C@H](C4=CC(=O)OC4)[C@@]3(C)CC[C@H]12. The van der Waals surface area contributed by atoms with Gasteiger partial charge in [-0.1, -0.05) is 32.1 Å². The molecule has 0 radical (unpaired) electrons. The monoisotopic (exact) mass is 906 g/mol. The molecule has 2 aromatic heterocycles. The van der Waals surface area contributed by atoms with Crippen LogP contribution in [0.2, 0.25) is 0 Å². The summed E-state index contributed by atoms with van der Waals surface area (Å²) in [6.45, 7) is 10.1. The first-order valence-electron chi connectivity index (χ1n) is 24.0. The van der Waals surface area contributed by atoms with Crippen molar-refractivity contribution in [2.24, 2.45) is 40.4 Å². The van der Waals surface area contributed by atoms with Crippen molar-refractivity contribution in [2.45, 2.75) is 103 Å². The second kappa shape index (κ2) is 23.9. The number of rotatable bonds is 25. The number of nitrogens with one attached hydrogen (secondary N) is 3. The van der Waals surface area contributed by atoms with Crippen molar-refractivity contribution in [3.8, 4) is 17.7 Å². The van der Waals surface area contributed by atoms with E-state index in [-0.39, 0.29) is 55.1 Å². The van der Waals surface area contributed by atoms with Crippen molar-refractivity contribution in [2.75, 3.05) is 91.5 Å². The van der Waals surface area contributed by atoms with E-state index in [9.17, 15) is 14.4 Å². The number of unbranched alkanes of at least 4 members (excludes halogenated alkanes) is 2. The third-order valence-corrected chi connectivity index (χ3v) is 15.1. The summed E-state index contributed by atoms with van der Waals surface area (Å²) in [4.78, 5) is 51.8. The van der Waals surface area contributed by atoms with Gasteiger partial charge in [-0.25, -0.2) is 9.78 Å². The average molecular weight is 906 g/mol. The van der Waals surface area contributed by atoms with Crippen LogP contribution in [0.15, 0.2) is 18.0 Å². The number of anilines is 1. The maximum Gasteiger partial charge on any atom is 0.331 e. The van der Waals surface area contributed by atoms with Gasteiger partial charge in [-0.2, -0.15) is 9.97 Å². The molecule has 5 aliphatic rings. The van der Waals surface area contributed by atoms with Crippen molar-refractivity contribution in [3.05, 3.63) is 18.0 Å². The number of carbonyl (C=O) groups is 3. The molecule has 0 aromatic carbocycles. The van der Waals surface area contributed by atoms with Crippen LogP contribution in [0.4, 0.5) is 5.95 Å². The van der Waals surface area contributed by atoms with Gasteiger partial charge >= 0.3 is 5.97 Å². The van der Waals surface area contributed by atoms with E-state index in [1.165, 1.54) is 56.8 Å². The largest absolute Gasteiger partial charge is 0.463 e. The molecule has 17 nitrogen and oxygen atoms in total. The van der Waals surface area contributed by atoms with Crippen LogP contribution in [-0.2, 0) is 42.8 Å². The Morgan fingerprint density at radius 2 is 1.57 bits per heavy atom. The quantitative estimate of drug-likeness (QED) is 0.0603. The lowest BCUT2D eigenvalue weighted by Gasteiger charge is -2.61. The topological polar surface area (TPSA) is 220 Å². The number of imidazole rings is 1. The molecule has 358 valence electrons. The van der Waals surface area contributed by atoms with Gasteiger partial charge in [-0.15, -0.1) is 0 Å². The normalized spacial score (nSPS) is 28.0. The molecular weight excluding hydrogens is 835 g/mol. The van der Waals surface area contributed by atoms with Gasteiger partial charge in [0.15, 0.2) is 12.3 Å². The van der Waals surface area contributed by atoms with E-state index in [0.717, 1.165) is 49.9 Å². The number of ether oxygens (including phenoxy) is 7. The van der Waals surface area contributed by atoms with Crippen molar-refractivity contribution >= 4 is 34.9 Å². The Kier molecular flexibility index (Phi) is 17.9. The lowest BCUT2D eigenvalue weighted by molar-refractivity contribution is -0.142. The minimum atomic E-state index is -0.160. The van der Waals surface area contributed by atoms with E-state index in [1.54, 1.807) is 6.08 Å². The maximum absolute atomic E-state index is 12.6. The van der Waals surface area contributed by atoms with E-state index in [1.807, 2.05) is 0 Å². The number of H-pyrrole nitrogens is 1. The predicted octanol–water partition coefficient (Wildman–Crippen LogP) is 4.70. The van der Waals surface area contributed by atoms with Crippen LogP contribution in [0.1, 0.15) is 97.3 Å². The van der Waals surface area contributed by atoms with E-state index in [2.05, 4.69) is 56.3 Å². The lowest BCUT2D eigenvalue weighted by atomic mass is 9.44. The molecule has 1 aliphatic heterocycles. The number of cyclic esters (lactones) is 1. The summed E-state index contributed by atoms with van der Waals surface area (Å²) in [5.74, 6) is 9.29. The average Bonchev–Trinajstić information content (AvgIpc) is 4.04. The summed E-state index contributed by atoms with van der Waals surface area (Å²) in [5, 5.41) is 5.90. The minimum absolute atomic E-state index is 0.00278. The molecule has 0 saturated heterocycles. The Bertz CT molecular complexity index is 1980. The van der Waals surface area contributed by atoms with E-state index in [0.29, 0.717) is 107 Å². The van der Waals surface area contributed by atoms with Gasteiger partial charge in [0.25, 0.3) is 0 Å². The number of nitrogen functional groups attached to an aromatic ring is 1. The third-order valence-electron chi connectivity index (χ3n) is 15.1. The Morgan fingerprint density at radius 1 is 0.831 bits per heavy atom. The van der Waals surface area contributed by atoms with Gasteiger partial charge in [-0.3, -0.25) is 9.59 Å². The zero-order valence-corrected chi connectivity index (χ0v) is 38.5. The zero-order valence-electron chi connectivity index (χ0n) is 38.5. The first kappa shape index (κ1) is 48.6. The number of aromatic amines is 1. The van der Waals surface area contributed by atoms with Crippen molar-refractivity contribution in [3.63, 3.8) is 0 Å². The number of nitrogens with zero attached hydrogens (tertiary/aromatic N) is 3. The van der Waals surface area contributed by atoms with Gasteiger partial charge in [0.1, 0.15) is 25.3 Å². The van der Waals surface area contributed by atoms with Gasteiger partial charge in [-0.05, 0) is 117 Å². The van der Waals surface area contributed by atoms with Crippen molar-refractivity contribution in [1.29, 1.82) is 0 Å². The van der Waals surface area contributed by atoms with Crippen molar-refractivity contribution in [1.82, 2.24) is 30.6 Å². The highest BCUT2D eigenvalue weighted by molar-refractivity contribution is 5.85. The first-order chi connectivity index (χ1) is 31.6. The standard InChI is InChI=1S/C48H71N7O10/c1-47-15-13-35(29-34(47)9-10-36-38-12-11-37(33-28-42(58)65-30-33)48(38,2)16-14-39(36)47)64-31-41(57)50-17-5-3-4-8-40(56)51-18-21-60-23-25-62-27-26-61-24-22-59-19-6-7-20-63-45-43-44(53-32-52-43)54-46(49)55-45/h28,32,34-39H,3-5,8-27,29-31H2,1-2H3,(H,50,57)(H,51,56)(H3,49,52,53,54,55)/t34-,35?,36+,37-,38?,39-,47+,48-/m1/s1. The summed E-state index contributed by atoms with van der Waals surface area (Å²) in [6, 6.07) is 0. The number of amides is 2. The lowest BCUT2D eigenvalue weighted by Crippen LogP contribution is -2.54. The van der Waals surface area contributed by atoms with Crippen LogP contribution in [0.5, 0.6) is 5.88 Å². The molecule has 0 bridgehead atoms. The molecule has 0 spiro atoms. The molecule has 8 atom stereocenters. The predicted molar refractivity (Wildman–Crippen MR) is 241 cm³/mol. The molecule has 4 saturated carbocycles. The van der Waals surface area contributed by atoms with Gasteiger partial charge in [0, 0.05) is 25.6 Å². The van der Waals surface area contributed by atoms with Crippen molar-refractivity contribution < 1.29 is 47.5 Å². The molecule has 2 unspecified atom stereocenters. The van der Waals surface area contributed by atoms with Crippen LogP contribution in [0.3, 0.4) is 0 Å². The van der Waals surface area contributed by atoms with Gasteiger partial charge < -0.3 is 54.5 Å². The highest BCUT2D eigenvalue weighted by Crippen LogP contribution is 2.68. The van der Waals surface area contributed by atoms with Crippen LogP contribution in [0, 0.1) is 52.3 Å². The maximum atomic E-state index is 12.6.